The van der Waals surface area contributed by atoms with Crippen LogP contribution in [0.4, 0.5) is 0 Å². The lowest BCUT2D eigenvalue weighted by Gasteiger charge is -2.30. The number of hydrogen-bond acceptors (Lipinski definition) is 5. The highest BCUT2D eigenvalue weighted by Gasteiger charge is 2.46. The van der Waals surface area contributed by atoms with Gasteiger partial charge in [-0.2, -0.15) is 0 Å². The number of carbonyl (C=O) groups is 5. The van der Waals surface area contributed by atoms with E-state index >= 15 is 0 Å². The monoisotopic (exact) mass is 469 g/mol. The fourth-order valence-corrected chi connectivity index (χ4v) is 5.33. The Kier molecular flexibility index (Phi) is 6.47. The molecule has 9 heteroatoms. The fourth-order valence-electron chi connectivity index (χ4n) is 5.33. The molecule has 0 aromatic heterocycles. The number of fused-ring (bicyclic) bond motifs is 1. The maximum Gasteiger partial charge on any atom is 0.303 e. The lowest BCUT2D eigenvalue weighted by molar-refractivity contribution is -0.137. The summed E-state index contributed by atoms with van der Waals surface area (Å²) in [7, 11) is 1.65. The molecule has 3 amide bonds. The normalized spacial score (nSPS) is 19.6. The van der Waals surface area contributed by atoms with E-state index < -0.39 is 23.8 Å². The molecular weight excluding hydrogens is 438 g/mol. The number of rotatable bonds is 9. The number of carboxylic acid groups (broad SMARTS) is 1. The zero-order chi connectivity index (χ0) is 24.6. The number of benzene rings is 1. The third-order valence-corrected chi connectivity index (χ3v) is 7.71. The topological polar surface area (TPSA) is 138 Å². The summed E-state index contributed by atoms with van der Waals surface area (Å²) in [5.74, 6) is -2.50. The van der Waals surface area contributed by atoms with Crippen LogP contribution in [-0.2, 0) is 20.9 Å². The SMILES string of the molecule is CN(CC(=O)c1ccc2c(c1)CN(C(CCC(=O)O)C(N)=O)C2=O)C(=O)C1CCC2(CC1)CC2. The number of nitrogens with two attached hydrogens (primary N) is 1. The van der Waals surface area contributed by atoms with Crippen molar-refractivity contribution in [2.24, 2.45) is 17.1 Å². The molecule has 2 fully saturated rings. The molecule has 3 N–H and O–H groups in total. The Morgan fingerprint density at radius 2 is 1.85 bits per heavy atom. The van der Waals surface area contributed by atoms with Gasteiger partial charge in [0.1, 0.15) is 6.04 Å². The second-order valence-electron chi connectivity index (χ2n) is 10.0. The minimum Gasteiger partial charge on any atom is -0.481 e. The number of primary amides is 1. The highest BCUT2D eigenvalue weighted by Crippen LogP contribution is 2.57. The first-order valence-electron chi connectivity index (χ1n) is 11.8. The van der Waals surface area contributed by atoms with E-state index in [0.717, 1.165) is 25.7 Å². The highest BCUT2D eigenvalue weighted by atomic mass is 16.4. The summed E-state index contributed by atoms with van der Waals surface area (Å²) in [6.45, 7) is 0.0283. The van der Waals surface area contributed by atoms with Gasteiger partial charge < -0.3 is 20.6 Å². The number of carbonyl (C=O) groups excluding carboxylic acids is 4. The van der Waals surface area contributed by atoms with Crippen LogP contribution in [-0.4, -0.2) is 64.0 Å². The summed E-state index contributed by atoms with van der Waals surface area (Å²) in [5, 5.41) is 8.92. The van der Waals surface area contributed by atoms with Crippen LogP contribution in [0.15, 0.2) is 18.2 Å². The molecule has 182 valence electrons. The molecule has 0 bridgehead atoms. The van der Waals surface area contributed by atoms with Crippen LogP contribution in [0.5, 0.6) is 0 Å². The molecule has 1 spiro atoms. The molecule has 1 atom stereocenters. The molecule has 9 nitrogen and oxygen atoms in total. The average molecular weight is 470 g/mol. The summed E-state index contributed by atoms with van der Waals surface area (Å²) in [6, 6.07) is 3.66. The number of hydrogen-bond donors (Lipinski definition) is 2. The van der Waals surface area contributed by atoms with Crippen LogP contribution in [0, 0.1) is 11.3 Å². The maximum atomic E-state index is 12.9. The van der Waals surface area contributed by atoms with E-state index in [9.17, 15) is 24.0 Å². The second kappa shape index (κ2) is 9.19. The van der Waals surface area contributed by atoms with E-state index in [2.05, 4.69) is 0 Å². The molecule has 1 aromatic rings. The van der Waals surface area contributed by atoms with Gasteiger partial charge in [-0.25, -0.2) is 0 Å². The Bertz CT molecular complexity index is 1040. The van der Waals surface area contributed by atoms with Crippen molar-refractivity contribution >= 4 is 29.5 Å². The van der Waals surface area contributed by atoms with Crippen LogP contribution < -0.4 is 5.73 Å². The third-order valence-electron chi connectivity index (χ3n) is 7.71. The predicted molar refractivity (Wildman–Crippen MR) is 122 cm³/mol. The van der Waals surface area contributed by atoms with Crippen LogP contribution >= 0.6 is 0 Å². The van der Waals surface area contributed by atoms with E-state index in [-0.39, 0.29) is 43.5 Å². The molecular formula is C25H31N3O6. The summed E-state index contributed by atoms with van der Waals surface area (Å²) < 4.78 is 0. The Labute approximate surface area is 198 Å². The molecule has 1 unspecified atom stereocenters. The standard InChI is InChI=1S/C25H31N3O6/c1-27(23(33)15-6-8-25(9-7-15)10-11-25)14-20(29)16-2-3-18-17(12-16)13-28(24(18)34)19(22(26)32)4-5-21(30)31/h2-3,12,15,19H,4-11,13-14H2,1H3,(H2,26,32)(H,30,31). The van der Waals surface area contributed by atoms with Gasteiger partial charge in [0, 0.05) is 37.1 Å². The predicted octanol–water partition coefficient (Wildman–Crippen LogP) is 1.97. The van der Waals surface area contributed by atoms with E-state index in [1.54, 1.807) is 19.2 Å². The van der Waals surface area contributed by atoms with Crippen molar-refractivity contribution in [2.45, 2.75) is 64.0 Å². The number of carboxylic acids is 1. The highest BCUT2D eigenvalue weighted by molar-refractivity contribution is 6.04. The number of amides is 3. The van der Waals surface area contributed by atoms with Crippen molar-refractivity contribution in [3.63, 3.8) is 0 Å². The van der Waals surface area contributed by atoms with Gasteiger partial charge in [0.05, 0.1) is 6.54 Å². The van der Waals surface area contributed by atoms with Gasteiger partial charge in [-0.05, 0) is 68.1 Å². The fraction of sp³-hybridized carbons (Fsp3) is 0.560. The Morgan fingerprint density at radius 3 is 2.44 bits per heavy atom. The molecule has 2 saturated carbocycles. The molecule has 1 aliphatic heterocycles. The molecule has 1 aromatic carbocycles. The molecule has 1 heterocycles. The van der Waals surface area contributed by atoms with Crippen molar-refractivity contribution in [2.75, 3.05) is 13.6 Å². The Hall–Kier alpha value is -3.23. The van der Waals surface area contributed by atoms with Crippen LogP contribution in [0.3, 0.4) is 0 Å². The molecule has 0 radical (unpaired) electrons. The average Bonchev–Trinajstić information content (AvgIpc) is 3.47. The minimum atomic E-state index is -1.08. The lowest BCUT2D eigenvalue weighted by atomic mass is 9.79. The zero-order valence-electron chi connectivity index (χ0n) is 19.4. The summed E-state index contributed by atoms with van der Waals surface area (Å²) in [6.07, 6.45) is 6.15. The van der Waals surface area contributed by atoms with Crippen molar-refractivity contribution in [3.8, 4) is 0 Å². The van der Waals surface area contributed by atoms with Crippen molar-refractivity contribution < 1.29 is 29.1 Å². The Balaban J connectivity index is 1.39. The van der Waals surface area contributed by atoms with Crippen LogP contribution in [0.2, 0.25) is 0 Å². The molecule has 3 aliphatic rings. The van der Waals surface area contributed by atoms with Gasteiger partial charge in [-0.3, -0.25) is 24.0 Å². The number of ketones is 1. The van der Waals surface area contributed by atoms with Gasteiger partial charge in [0.15, 0.2) is 5.78 Å². The van der Waals surface area contributed by atoms with Gasteiger partial charge in [-0.15, -0.1) is 0 Å². The Morgan fingerprint density at radius 1 is 1.18 bits per heavy atom. The second-order valence-corrected chi connectivity index (χ2v) is 10.0. The van der Waals surface area contributed by atoms with Crippen LogP contribution in [0.25, 0.3) is 0 Å². The van der Waals surface area contributed by atoms with Crippen molar-refractivity contribution in [1.82, 2.24) is 9.80 Å². The van der Waals surface area contributed by atoms with Gasteiger partial charge in [0.25, 0.3) is 5.91 Å². The van der Waals surface area contributed by atoms with Gasteiger partial charge in [0.2, 0.25) is 11.8 Å². The first kappa shape index (κ1) is 23.9. The van der Waals surface area contributed by atoms with Gasteiger partial charge >= 0.3 is 5.97 Å². The number of aliphatic carboxylic acids is 1. The number of Topliss-reactive ketones (excluding diaryl/α,β-unsaturated/α-hetero) is 1. The molecule has 0 saturated heterocycles. The maximum absolute atomic E-state index is 12.9. The molecule has 4 rings (SSSR count). The minimum absolute atomic E-state index is 0.00842. The molecule has 34 heavy (non-hydrogen) atoms. The van der Waals surface area contributed by atoms with E-state index in [4.69, 9.17) is 10.8 Å². The lowest BCUT2D eigenvalue weighted by Crippen LogP contribution is -2.45. The first-order chi connectivity index (χ1) is 16.1. The van der Waals surface area contributed by atoms with Crippen LogP contribution in [0.1, 0.15) is 77.6 Å². The summed E-state index contributed by atoms with van der Waals surface area (Å²) >= 11 is 0. The zero-order valence-corrected chi connectivity index (χ0v) is 19.4. The largest absolute Gasteiger partial charge is 0.481 e. The van der Waals surface area contributed by atoms with E-state index in [1.165, 1.54) is 28.7 Å². The quantitative estimate of drug-likeness (QED) is 0.530. The molecule has 2 aliphatic carbocycles. The van der Waals surface area contributed by atoms with Crippen molar-refractivity contribution in [3.05, 3.63) is 34.9 Å². The van der Waals surface area contributed by atoms with Gasteiger partial charge in [-0.1, -0.05) is 6.07 Å². The number of likely N-dealkylation sites (N-methyl/N-ethyl adjacent to an activating group) is 1. The smallest absolute Gasteiger partial charge is 0.303 e. The summed E-state index contributed by atoms with van der Waals surface area (Å²) in [5.41, 5.74) is 7.25. The van der Waals surface area contributed by atoms with Crippen molar-refractivity contribution in [1.29, 1.82) is 0 Å². The summed E-state index contributed by atoms with van der Waals surface area (Å²) in [4.78, 5) is 64.1. The first-order valence-corrected chi connectivity index (χ1v) is 11.8. The van der Waals surface area contributed by atoms with E-state index in [1.807, 2.05) is 0 Å². The third kappa shape index (κ3) is 4.83. The number of nitrogens with zero attached hydrogens (tertiary/aromatic N) is 2. The van der Waals surface area contributed by atoms with E-state index in [0.29, 0.717) is 22.1 Å².